The van der Waals surface area contributed by atoms with Gasteiger partial charge in [0, 0.05) is 28.7 Å². The Hall–Kier alpha value is -5.92. The quantitative estimate of drug-likeness (QED) is 0.222. The minimum absolute atomic E-state index is 0.00145. The monoisotopic (exact) mass is 629 g/mol. The Bertz CT molecular complexity index is 2090. The van der Waals surface area contributed by atoms with Crippen LogP contribution in [-0.4, -0.2) is 64.0 Å². The van der Waals surface area contributed by atoms with Gasteiger partial charge >= 0.3 is 5.97 Å². The number of carbonyl (C=O) groups is 4. The molecule has 4 aromatic carbocycles. The molecule has 0 bridgehead atoms. The number of rotatable bonds is 4. The third-order valence-electron chi connectivity index (χ3n) is 8.68. The number of nitrogens with zero attached hydrogens (tertiary/aromatic N) is 1. The summed E-state index contributed by atoms with van der Waals surface area (Å²) in [6, 6.07) is 18.6. The van der Waals surface area contributed by atoms with Gasteiger partial charge in [-0.2, -0.15) is 0 Å². The highest BCUT2D eigenvalue weighted by atomic mass is 16.6. The van der Waals surface area contributed by atoms with Crippen LogP contribution in [0.15, 0.2) is 72.8 Å². The van der Waals surface area contributed by atoms with Crippen molar-refractivity contribution in [3.05, 3.63) is 123 Å². The number of ether oxygens (including phenoxy) is 3. The lowest BCUT2D eigenvalue weighted by Crippen LogP contribution is -2.56. The number of esters is 1. The molecule has 0 unspecified atom stereocenters. The first kappa shape index (κ1) is 29.8. The molecule has 7 rings (SSSR count). The number of hydrogen-bond acceptors (Lipinski definition) is 9. The van der Waals surface area contributed by atoms with Crippen LogP contribution in [0.5, 0.6) is 17.2 Å². The lowest BCUT2D eigenvalue weighted by molar-refractivity contribution is -0.150. The van der Waals surface area contributed by atoms with Crippen molar-refractivity contribution < 1.29 is 43.6 Å². The van der Waals surface area contributed by atoms with Gasteiger partial charge in [0.25, 0.3) is 5.91 Å². The predicted molar refractivity (Wildman–Crippen MR) is 166 cm³/mol. The molecule has 2 aliphatic heterocycles. The second-order valence-corrected chi connectivity index (χ2v) is 11.7. The van der Waals surface area contributed by atoms with Crippen LogP contribution < -0.4 is 4.74 Å². The van der Waals surface area contributed by atoms with Crippen molar-refractivity contribution in [2.45, 2.75) is 31.7 Å². The summed E-state index contributed by atoms with van der Waals surface area (Å²) in [6.45, 7) is 1.69. The van der Waals surface area contributed by atoms with Crippen molar-refractivity contribution in [3.63, 3.8) is 0 Å². The summed E-state index contributed by atoms with van der Waals surface area (Å²) in [6.07, 6.45) is 0.178. The zero-order valence-electron chi connectivity index (χ0n) is 25.3. The van der Waals surface area contributed by atoms with E-state index in [1.54, 1.807) is 25.1 Å². The van der Waals surface area contributed by atoms with E-state index >= 15 is 0 Å². The Morgan fingerprint density at radius 3 is 2.30 bits per heavy atom. The van der Waals surface area contributed by atoms with E-state index in [1.165, 1.54) is 36.3 Å². The van der Waals surface area contributed by atoms with Crippen molar-refractivity contribution in [2.75, 3.05) is 13.7 Å². The summed E-state index contributed by atoms with van der Waals surface area (Å²) in [5, 5.41) is 21.8. The summed E-state index contributed by atoms with van der Waals surface area (Å²) in [7, 11) is 1.40. The first-order valence-electron chi connectivity index (χ1n) is 14.8. The molecule has 1 amide bonds. The number of carbonyl (C=O) groups excluding carboxylic acids is 4. The molecule has 4 aromatic rings. The molecule has 234 valence electrons. The van der Waals surface area contributed by atoms with Gasteiger partial charge in [0.2, 0.25) is 0 Å². The molecule has 10 heteroatoms. The topological polar surface area (TPSA) is 140 Å². The fraction of sp³-hybridized carbons (Fsp3) is 0.189. The Morgan fingerprint density at radius 2 is 1.57 bits per heavy atom. The molecular formula is C37H27NO9. The van der Waals surface area contributed by atoms with Crippen LogP contribution in [0.1, 0.15) is 71.4 Å². The molecule has 1 saturated heterocycles. The summed E-state index contributed by atoms with van der Waals surface area (Å²) < 4.78 is 16.8. The number of phenolic OH excluding ortho intramolecular Hbond substituents is 2. The van der Waals surface area contributed by atoms with Crippen molar-refractivity contribution >= 4 is 23.4 Å². The van der Waals surface area contributed by atoms with E-state index in [2.05, 4.69) is 11.8 Å². The van der Waals surface area contributed by atoms with E-state index in [0.717, 1.165) is 5.56 Å². The molecular weight excluding hydrogens is 602 g/mol. The van der Waals surface area contributed by atoms with E-state index in [-0.39, 0.29) is 70.3 Å². The lowest BCUT2D eigenvalue weighted by Gasteiger charge is -2.40. The van der Waals surface area contributed by atoms with Crippen molar-refractivity contribution in [1.29, 1.82) is 0 Å². The van der Waals surface area contributed by atoms with Crippen LogP contribution in [0.3, 0.4) is 0 Å². The number of amides is 1. The second-order valence-electron chi connectivity index (χ2n) is 11.7. The van der Waals surface area contributed by atoms with Crippen LogP contribution in [-0.2, 0) is 27.3 Å². The van der Waals surface area contributed by atoms with Gasteiger partial charge in [-0.05, 0) is 48.4 Å². The van der Waals surface area contributed by atoms with Gasteiger partial charge in [0.1, 0.15) is 29.6 Å². The van der Waals surface area contributed by atoms with Gasteiger partial charge in [0.15, 0.2) is 17.6 Å². The molecule has 10 nitrogen and oxygen atoms in total. The van der Waals surface area contributed by atoms with E-state index in [1.807, 2.05) is 30.3 Å². The molecule has 0 spiro atoms. The maximum Gasteiger partial charge on any atom is 0.331 e. The minimum Gasteiger partial charge on any atom is -0.507 e. The molecule has 1 aliphatic carbocycles. The smallest absolute Gasteiger partial charge is 0.331 e. The van der Waals surface area contributed by atoms with Gasteiger partial charge in [-0.1, -0.05) is 54.3 Å². The average molecular weight is 630 g/mol. The Morgan fingerprint density at radius 1 is 0.894 bits per heavy atom. The van der Waals surface area contributed by atoms with Crippen molar-refractivity contribution in [3.8, 4) is 29.1 Å². The summed E-state index contributed by atoms with van der Waals surface area (Å²) in [5.74, 6) is 3.19. The molecule has 1 fully saturated rings. The van der Waals surface area contributed by atoms with E-state index < -0.39 is 35.2 Å². The van der Waals surface area contributed by atoms with E-state index in [9.17, 15) is 29.4 Å². The van der Waals surface area contributed by atoms with Gasteiger partial charge in [-0.3, -0.25) is 19.3 Å². The third-order valence-corrected chi connectivity index (χ3v) is 8.68. The lowest BCUT2D eigenvalue weighted by atomic mass is 9.82. The molecule has 47 heavy (non-hydrogen) atoms. The highest BCUT2D eigenvalue weighted by molar-refractivity contribution is 6.30. The third kappa shape index (κ3) is 4.88. The summed E-state index contributed by atoms with van der Waals surface area (Å²) in [5.41, 5.74) is 0.928. The molecule has 2 atom stereocenters. The van der Waals surface area contributed by atoms with Gasteiger partial charge < -0.3 is 24.4 Å². The van der Waals surface area contributed by atoms with Crippen LogP contribution in [0.25, 0.3) is 0 Å². The average Bonchev–Trinajstić information content (AvgIpc) is 3.42. The zero-order chi connectivity index (χ0) is 33.0. The molecule has 0 saturated carbocycles. The van der Waals surface area contributed by atoms with Crippen molar-refractivity contribution in [2.24, 2.45) is 0 Å². The Kier molecular flexibility index (Phi) is 7.07. The van der Waals surface area contributed by atoms with Gasteiger partial charge in [-0.15, -0.1) is 0 Å². The molecule has 0 radical (unpaired) electrons. The second kappa shape index (κ2) is 11.2. The largest absolute Gasteiger partial charge is 0.507 e. The number of fused-ring (bicyclic) bond motifs is 4. The van der Waals surface area contributed by atoms with Crippen molar-refractivity contribution in [1.82, 2.24) is 4.90 Å². The fourth-order valence-corrected chi connectivity index (χ4v) is 6.50. The Labute approximate surface area is 269 Å². The first-order valence-corrected chi connectivity index (χ1v) is 14.8. The number of methoxy groups -OCH3 is 1. The minimum atomic E-state index is -1.16. The number of phenols is 2. The van der Waals surface area contributed by atoms with Crippen LogP contribution in [0.2, 0.25) is 0 Å². The summed E-state index contributed by atoms with van der Waals surface area (Å²) >= 11 is 0. The molecule has 2 heterocycles. The fourth-order valence-electron chi connectivity index (χ4n) is 6.50. The normalized spacial score (nSPS) is 19.1. The molecule has 2 N–H and O–H groups in total. The van der Waals surface area contributed by atoms with E-state index in [4.69, 9.17) is 14.2 Å². The highest BCUT2D eigenvalue weighted by Crippen LogP contribution is 2.42. The number of hydrogen-bond donors (Lipinski definition) is 2. The number of ketones is 2. The van der Waals surface area contributed by atoms with E-state index in [0.29, 0.717) is 11.1 Å². The Balaban J connectivity index is 1.16. The zero-order valence-corrected chi connectivity index (χ0v) is 25.3. The number of benzene rings is 4. The maximum atomic E-state index is 13.7. The predicted octanol–water partition coefficient (Wildman–Crippen LogP) is 4.14. The van der Waals surface area contributed by atoms with Gasteiger partial charge in [0.05, 0.1) is 30.4 Å². The number of aromatic hydroxyl groups is 2. The molecule has 3 aliphatic rings. The van der Waals surface area contributed by atoms with Crippen LogP contribution >= 0.6 is 0 Å². The van der Waals surface area contributed by atoms with Gasteiger partial charge in [-0.25, -0.2) is 4.79 Å². The van der Waals surface area contributed by atoms with Crippen LogP contribution in [0, 0.1) is 11.8 Å². The summed E-state index contributed by atoms with van der Waals surface area (Å²) in [4.78, 5) is 54.7. The molecule has 0 aromatic heterocycles. The first-order chi connectivity index (χ1) is 22.6. The van der Waals surface area contributed by atoms with Crippen LogP contribution in [0.4, 0.5) is 0 Å². The SMILES string of the molecule is COc1cccc2c1C(=O)c1cc(C#Cc3cc(O)c4c(c3)C[C@@]3(C)OC[C@H](C(=O)OCc5ccccc5)N3C4=O)cc(O)c1C2=O. The maximum absolute atomic E-state index is 13.7. The standard InChI is InChI=1S/C37H27NO9/c1-37-17-23-13-21(11-12-22-14-25-31(28(40)16-22)33(41)24-9-6-10-29(45-2)32(24)34(25)42)15-27(39)30(23)35(43)38(37)26(19-47-37)36(44)46-18-20-7-4-3-5-8-20/h3-10,13-16,26,39-40H,17-19H2,1-2H3/t26-,37-/m1/s1. The highest BCUT2D eigenvalue weighted by Gasteiger charge is 2.54.